The van der Waals surface area contributed by atoms with Crippen LogP contribution in [0.25, 0.3) is 0 Å². The molecule has 6 heavy (non-hydrogen) atoms. The van der Waals surface area contributed by atoms with Crippen LogP contribution in [0.3, 0.4) is 0 Å². The molecule has 0 N–H and O–H groups in total. The van der Waals surface area contributed by atoms with Gasteiger partial charge < -0.3 is 0 Å². The number of hydrogen-bond donors (Lipinski definition) is 0. The first-order chi connectivity index (χ1) is 2.89. The highest BCUT2D eigenvalue weighted by molar-refractivity contribution is 7.08. The predicted octanol–water partition coefficient (Wildman–Crippen LogP) is -0.0631. The Morgan fingerprint density at radius 3 is 2.83 bits per heavy atom. The molecule has 0 aromatic carbocycles. The van der Waals surface area contributed by atoms with E-state index in [1.807, 2.05) is 0 Å². The van der Waals surface area contributed by atoms with Gasteiger partial charge in [0, 0.05) is 5.38 Å². The fraction of sp³-hybridized carbons (Fsp3) is 0. The molecule has 0 unspecified atom stereocenters. The highest BCUT2D eigenvalue weighted by atomic mass is 32.1. The first-order valence-electron chi connectivity index (χ1n) is 1.53. The molecule has 0 fully saturated rings. The van der Waals surface area contributed by atoms with E-state index in [1.54, 1.807) is 10.9 Å². The standard InChI is InChI=1S/C3H2BNS/c4-3-1-6-2-5-3/h1-2H. The zero-order chi connectivity index (χ0) is 4.41. The summed E-state index contributed by atoms with van der Waals surface area (Å²) in [6, 6.07) is 0. The van der Waals surface area contributed by atoms with Crippen LogP contribution < -0.4 is 5.59 Å². The summed E-state index contributed by atoms with van der Waals surface area (Å²) in [7, 11) is 5.18. The Hall–Kier alpha value is -0.305. The summed E-state index contributed by atoms with van der Waals surface area (Å²) in [6.07, 6.45) is 0. The summed E-state index contributed by atoms with van der Waals surface area (Å²) in [4.78, 5) is 3.71. The Morgan fingerprint density at radius 1 is 1.83 bits per heavy atom. The SMILES string of the molecule is [B]c1cscn1. The second kappa shape index (κ2) is 1.43. The van der Waals surface area contributed by atoms with E-state index in [0.29, 0.717) is 5.59 Å². The highest BCUT2D eigenvalue weighted by Crippen LogP contribution is 1.82. The molecule has 1 aromatic rings. The first kappa shape index (κ1) is 3.87. The number of thiazole rings is 1. The highest BCUT2D eigenvalue weighted by Gasteiger charge is 1.75. The van der Waals surface area contributed by atoms with Gasteiger partial charge in [0.25, 0.3) is 0 Å². The van der Waals surface area contributed by atoms with Gasteiger partial charge in [-0.25, -0.2) is 0 Å². The topological polar surface area (TPSA) is 12.9 Å². The zero-order valence-electron chi connectivity index (χ0n) is 3.09. The Balaban J connectivity index is 3.05. The number of nitrogens with zero attached hydrogens (tertiary/aromatic N) is 1. The number of aromatic nitrogens is 1. The Labute approximate surface area is 41.4 Å². The third-order valence-electron chi connectivity index (χ3n) is 0.451. The van der Waals surface area contributed by atoms with Crippen LogP contribution in [0.2, 0.25) is 0 Å². The van der Waals surface area contributed by atoms with Crippen molar-refractivity contribution in [1.29, 1.82) is 0 Å². The van der Waals surface area contributed by atoms with Gasteiger partial charge in [0.15, 0.2) is 0 Å². The van der Waals surface area contributed by atoms with Gasteiger partial charge in [-0.1, -0.05) is 0 Å². The van der Waals surface area contributed by atoms with Gasteiger partial charge in [-0.3, -0.25) is 4.98 Å². The third kappa shape index (κ3) is 0.599. The van der Waals surface area contributed by atoms with Gasteiger partial charge in [-0.05, 0) is 5.59 Å². The van der Waals surface area contributed by atoms with Gasteiger partial charge in [0.1, 0.15) is 7.85 Å². The third-order valence-corrected chi connectivity index (χ3v) is 1.06. The molecular weight excluding hydrogens is 92.9 g/mol. The molecular formula is C3H2BNS. The van der Waals surface area contributed by atoms with E-state index < -0.39 is 0 Å². The largest absolute Gasteiger partial charge is 0.261 e. The number of rotatable bonds is 0. The van der Waals surface area contributed by atoms with E-state index >= 15 is 0 Å². The lowest BCUT2D eigenvalue weighted by atomic mass is 10.1. The number of hydrogen-bond acceptors (Lipinski definition) is 2. The quantitative estimate of drug-likeness (QED) is 0.411. The lowest BCUT2D eigenvalue weighted by molar-refractivity contribution is 1.49. The average Bonchev–Trinajstić information content (AvgIpc) is 1.86. The van der Waals surface area contributed by atoms with Crippen molar-refractivity contribution in [3.8, 4) is 0 Å². The molecule has 0 saturated carbocycles. The van der Waals surface area contributed by atoms with Crippen LogP contribution in [0.5, 0.6) is 0 Å². The van der Waals surface area contributed by atoms with Crippen molar-refractivity contribution in [2.45, 2.75) is 0 Å². The van der Waals surface area contributed by atoms with Crippen molar-refractivity contribution < 1.29 is 0 Å². The summed E-state index contributed by atoms with van der Waals surface area (Å²) in [5.74, 6) is 0. The zero-order valence-corrected chi connectivity index (χ0v) is 3.90. The normalized spacial score (nSPS) is 8.67. The molecule has 0 spiro atoms. The fourth-order valence-electron chi connectivity index (χ4n) is 0.222. The molecule has 28 valence electrons. The Bertz CT molecular complexity index is 114. The Morgan fingerprint density at radius 2 is 2.67 bits per heavy atom. The minimum absolute atomic E-state index is 0.611. The van der Waals surface area contributed by atoms with E-state index in [1.165, 1.54) is 11.3 Å². The molecule has 0 atom stereocenters. The van der Waals surface area contributed by atoms with Gasteiger partial charge in [0.05, 0.1) is 5.51 Å². The van der Waals surface area contributed by atoms with E-state index in [9.17, 15) is 0 Å². The lowest BCUT2D eigenvalue weighted by Gasteiger charge is -1.65. The van der Waals surface area contributed by atoms with Crippen molar-refractivity contribution in [1.82, 2.24) is 4.98 Å². The lowest BCUT2D eigenvalue weighted by Crippen LogP contribution is -1.98. The minimum atomic E-state index is 0.611. The summed E-state index contributed by atoms with van der Waals surface area (Å²) < 4.78 is 0. The van der Waals surface area contributed by atoms with Crippen LogP contribution in [0.1, 0.15) is 0 Å². The van der Waals surface area contributed by atoms with Gasteiger partial charge in [0.2, 0.25) is 0 Å². The van der Waals surface area contributed by atoms with Crippen LogP contribution >= 0.6 is 11.3 Å². The fourth-order valence-corrected chi connectivity index (χ4v) is 0.666. The van der Waals surface area contributed by atoms with Crippen molar-refractivity contribution in [2.24, 2.45) is 0 Å². The maximum Gasteiger partial charge on any atom is 0.142 e. The van der Waals surface area contributed by atoms with Crippen molar-refractivity contribution in [3.05, 3.63) is 10.9 Å². The maximum absolute atomic E-state index is 5.18. The van der Waals surface area contributed by atoms with Crippen LogP contribution in [0, 0.1) is 0 Å². The van der Waals surface area contributed by atoms with Crippen molar-refractivity contribution in [3.63, 3.8) is 0 Å². The molecule has 1 nitrogen and oxygen atoms in total. The molecule has 3 heteroatoms. The molecule has 0 saturated heterocycles. The minimum Gasteiger partial charge on any atom is -0.261 e. The van der Waals surface area contributed by atoms with Gasteiger partial charge >= 0.3 is 0 Å². The summed E-state index contributed by atoms with van der Waals surface area (Å²) in [6.45, 7) is 0. The first-order valence-corrected chi connectivity index (χ1v) is 2.47. The molecule has 1 rings (SSSR count). The van der Waals surface area contributed by atoms with Gasteiger partial charge in [-0.2, -0.15) is 0 Å². The van der Waals surface area contributed by atoms with Crippen molar-refractivity contribution in [2.75, 3.05) is 0 Å². The van der Waals surface area contributed by atoms with Crippen LogP contribution in [-0.2, 0) is 0 Å². The van der Waals surface area contributed by atoms with Crippen LogP contribution in [-0.4, -0.2) is 12.8 Å². The second-order valence-electron chi connectivity index (χ2n) is 0.913. The summed E-state index contributed by atoms with van der Waals surface area (Å²) in [5, 5.41) is 1.79. The maximum atomic E-state index is 5.18. The van der Waals surface area contributed by atoms with E-state index in [-0.39, 0.29) is 0 Å². The molecule has 0 amide bonds. The van der Waals surface area contributed by atoms with E-state index in [2.05, 4.69) is 4.98 Å². The van der Waals surface area contributed by atoms with E-state index in [0.717, 1.165) is 0 Å². The average molecular weight is 94.9 g/mol. The second-order valence-corrected chi connectivity index (χ2v) is 1.63. The molecule has 0 aliphatic rings. The van der Waals surface area contributed by atoms with Crippen molar-refractivity contribution >= 4 is 24.8 Å². The molecule has 1 aromatic heterocycles. The monoisotopic (exact) mass is 95.0 g/mol. The predicted molar refractivity (Wildman–Crippen MR) is 27.5 cm³/mol. The molecule has 1 heterocycles. The summed E-state index contributed by atoms with van der Waals surface area (Å²) in [5.41, 5.74) is 2.31. The summed E-state index contributed by atoms with van der Waals surface area (Å²) >= 11 is 1.50. The Kier molecular flexibility index (Phi) is 0.923. The smallest absolute Gasteiger partial charge is 0.142 e. The molecule has 0 aliphatic heterocycles. The van der Waals surface area contributed by atoms with Crippen LogP contribution in [0.15, 0.2) is 10.9 Å². The van der Waals surface area contributed by atoms with Gasteiger partial charge in [-0.15, -0.1) is 11.3 Å². The van der Waals surface area contributed by atoms with E-state index in [4.69, 9.17) is 7.85 Å². The molecule has 2 radical (unpaired) electrons. The van der Waals surface area contributed by atoms with Crippen LogP contribution in [0.4, 0.5) is 0 Å². The molecule has 0 bridgehead atoms. The molecule has 0 aliphatic carbocycles.